The molecular weight excluding hydrogens is 297 g/mol. The van der Waals surface area contributed by atoms with E-state index in [4.69, 9.17) is 27.9 Å². The Bertz CT molecular complexity index is 645. The first-order chi connectivity index (χ1) is 9.01. The van der Waals surface area contributed by atoms with Gasteiger partial charge in [-0.3, -0.25) is 4.79 Å². The van der Waals surface area contributed by atoms with Crippen molar-refractivity contribution in [2.45, 2.75) is 0 Å². The molecule has 2 rings (SSSR count). The second-order valence-corrected chi connectivity index (χ2v) is 4.41. The van der Waals surface area contributed by atoms with Crippen molar-refractivity contribution in [3.8, 4) is 11.5 Å². The molecule has 0 aliphatic heterocycles. The fourth-order valence-corrected chi connectivity index (χ4v) is 1.73. The molecule has 2 nitrogen and oxygen atoms in total. The van der Waals surface area contributed by atoms with Crippen LogP contribution in [0.4, 0.5) is 8.78 Å². The summed E-state index contributed by atoms with van der Waals surface area (Å²) in [6.07, 6.45) is 0.499. The monoisotopic (exact) mass is 302 g/mol. The normalized spacial score (nSPS) is 10.3. The minimum atomic E-state index is -0.886. The molecule has 0 heterocycles. The molecular formula is C13H6Cl2F2O2. The minimum Gasteiger partial charge on any atom is -0.453 e. The van der Waals surface area contributed by atoms with E-state index < -0.39 is 11.6 Å². The number of benzene rings is 2. The molecule has 0 atom stereocenters. The number of hydrogen-bond acceptors (Lipinski definition) is 2. The van der Waals surface area contributed by atoms with E-state index in [2.05, 4.69) is 0 Å². The first kappa shape index (κ1) is 13.8. The molecule has 0 bridgehead atoms. The Kier molecular flexibility index (Phi) is 4.02. The SMILES string of the molecule is O=Cc1cc(Cl)c(Cl)cc1Oc1ccc(F)cc1F. The van der Waals surface area contributed by atoms with Gasteiger partial charge in [-0.2, -0.15) is 0 Å². The largest absolute Gasteiger partial charge is 0.453 e. The maximum absolute atomic E-state index is 13.4. The molecule has 0 aliphatic rings. The summed E-state index contributed by atoms with van der Waals surface area (Å²) >= 11 is 11.5. The van der Waals surface area contributed by atoms with Crippen LogP contribution in [0.3, 0.4) is 0 Å². The van der Waals surface area contributed by atoms with Crippen LogP contribution in [0.15, 0.2) is 30.3 Å². The van der Waals surface area contributed by atoms with E-state index in [1.807, 2.05) is 0 Å². The predicted octanol–water partition coefficient (Wildman–Crippen LogP) is 4.88. The average Bonchev–Trinajstić information content (AvgIpc) is 2.36. The lowest BCUT2D eigenvalue weighted by Crippen LogP contribution is -1.94. The van der Waals surface area contributed by atoms with Gasteiger partial charge in [-0.25, -0.2) is 8.78 Å². The van der Waals surface area contributed by atoms with E-state index in [0.717, 1.165) is 12.1 Å². The number of hydrogen-bond donors (Lipinski definition) is 0. The molecule has 0 unspecified atom stereocenters. The summed E-state index contributed by atoms with van der Waals surface area (Å²) in [5.41, 5.74) is 0.109. The zero-order valence-electron chi connectivity index (χ0n) is 9.29. The third kappa shape index (κ3) is 3.03. The van der Waals surface area contributed by atoms with Gasteiger partial charge in [0.2, 0.25) is 0 Å². The second kappa shape index (κ2) is 5.55. The lowest BCUT2D eigenvalue weighted by atomic mass is 10.2. The van der Waals surface area contributed by atoms with Crippen molar-refractivity contribution in [2.75, 3.05) is 0 Å². The van der Waals surface area contributed by atoms with Crippen LogP contribution in [0.1, 0.15) is 10.4 Å². The standard InChI is InChI=1S/C13H6Cl2F2O2/c14-9-3-7(6-18)13(5-10(9)15)19-12-2-1-8(16)4-11(12)17/h1-6H. The summed E-state index contributed by atoms with van der Waals surface area (Å²) in [7, 11) is 0. The molecule has 98 valence electrons. The molecule has 0 spiro atoms. The van der Waals surface area contributed by atoms with Crippen LogP contribution in [0.25, 0.3) is 0 Å². The second-order valence-electron chi connectivity index (χ2n) is 3.60. The van der Waals surface area contributed by atoms with E-state index in [1.54, 1.807) is 0 Å². The van der Waals surface area contributed by atoms with Crippen LogP contribution < -0.4 is 4.74 Å². The lowest BCUT2D eigenvalue weighted by molar-refractivity contribution is 0.112. The van der Waals surface area contributed by atoms with Crippen molar-refractivity contribution >= 4 is 29.5 Å². The quantitative estimate of drug-likeness (QED) is 0.756. The Morgan fingerprint density at radius 2 is 1.68 bits per heavy atom. The number of aldehydes is 1. The molecule has 0 saturated heterocycles. The molecule has 0 aliphatic carbocycles. The Balaban J connectivity index is 2.42. The highest BCUT2D eigenvalue weighted by molar-refractivity contribution is 6.42. The fraction of sp³-hybridized carbons (Fsp3) is 0. The Morgan fingerprint density at radius 1 is 1.00 bits per heavy atom. The number of carbonyl (C=O) groups is 1. The van der Waals surface area contributed by atoms with E-state index in [9.17, 15) is 13.6 Å². The summed E-state index contributed by atoms with van der Waals surface area (Å²) in [5, 5.41) is 0.334. The molecule has 0 radical (unpaired) electrons. The highest BCUT2D eigenvalue weighted by atomic mass is 35.5. The van der Waals surface area contributed by atoms with Crippen molar-refractivity contribution in [3.05, 3.63) is 57.6 Å². The first-order valence-corrected chi connectivity index (χ1v) is 5.84. The van der Waals surface area contributed by atoms with Gasteiger partial charge in [0.05, 0.1) is 15.6 Å². The van der Waals surface area contributed by atoms with Crippen LogP contribution in [0, 0.1) is 11.6 Å². The van der Waals surface area contributed by atoms with Crippen LogP contribution in [-0.4, -0.2) is 6.29 Å². The molecule has 2 aromatic rings. The average molecular weight is 303 g/mol. The summed E-state index contributed by atoms with van der Waals surface area (Å²) in [5.74, 6) is -1.80. The maximum atomic E-state index is 13.4. The first-order valence-electron chi connectivity index (χ1n) is 5.08. The van der Waals surface area contributed by atoms with Gasteiger partial charge in [-0.1, -0.05) is 23.2 Å². The zero-order valence-corrected chi connectivity index (χ0v) is 10.8. The van der Waals surface area contributed by atoms with E-state index in [-0.39, 0.29) is 27.1 Å². The van der Waals surface area contributed by atoms with Gasteiger partial charge in [0.15, 0.2) is 17.9 Å². The number of ether oxygens (including phenoxy) is 1. The molecule has 19 heavy (non-hydrogen) atoms. The molecule has 0 aromatic heterocycles. The number of carbonyl (C=O) groups excluding carboxylic acids is 1. The van der Waals surface area contributed by atoms with Crippen molar-refractivity contribution in [3.63, 3.8) is 0 Å². The van der Waals surface area contributed by atoms with Gasteiger partial charge in [-0.05, 0) is 18.2 Å². The fourth-order valence-electron chi connectivity index (χ4n) is 1.40. The van der Waals surface area contributed by atoms with Gasteiger partial charge in [0.1, 0.15) is 11.6 Å². The van der Waals surface area contributed by atoms with Gasteiger partial charge in [0.25, 0.3) is 0 Å². The van der Waals surface area contributed by atoms with Crippen molar-refractivity contribution in [1.29, 1.82) is 0 Å². The molecule has 0 N–H and O–H groups in total. The van der Waals surface area contributed by atoms with Gasteiger partial charge >= 0.3 is 0 Å². The van der Waals surface area contributed by atoms with Crippen LogP contribution in [0.5, 0.6) is 11.5 Å². The third-order valence-corrected chi connectivity index (χ3v) is 3.02. The Hall–Kier alpha value is -1.65. The topological polar surface area (TPSA) is 26.3 Å². The van der Waals surface area contributed by atoms with E-state index in [0.29, 0.717) is 12.4 Å². The van der Waals surface area contributed by atoms with Crippen molar-refractivity contribution in [2.24, 2.45) is 0 Å². The predicted molar refractivity (Wildman–Crippen MR) is 68.3 cm³/mol. The number of rotatable bonds is 3. The Morgan fingerprint density at radius 3 is 2.32 bits per heavy atom. The summed E-state index contributed by atoms with van der Waals surface area (Å²) in [6, 6.07) is 5.41. The minimum absolute atomic E-state index is 0.0370. The molecule has 6 heteroatoms. The molecule has 0 amide bonds. The van der Waals surface area contributed by atoms with Crippen LogP contribution >= 0.6 is 23.2 Å². The lowest BCUT2D eigenvalue weighted by Gasteiger charge is -2.10. The van der Waals surface area contributed by atoms with Crippen LogP contribution in [0.2, 0.25) is 10.0 Å². The van der Waals surface area contributed by atoms with Gasteiger partial charge in [-0.15, -0.1) is 0 Å². The maximum Gasteiger partial charge on any atom is 0.168 e. The summed E-state index contributed by atoms with van der Waals surface area (Å²) in [6.45, 7) is 0. The van der Waals surface area contributed by atoms with E-state index in [1.165, 1.54) is 12.1 Å². The number of halogens is 4. The zero-order chi connectivity index (χ0) is 14.0. The molecule has 0 saturated carbocycles. The van der Waals surface area contributed by atoms with E-state index >= 15 is 0 Å². The van der Waals surface area contributed by atoms with Crippen molar-refractivity contribution in [1.82, 2.24) is 0 Å². The Labute approximate surface area is 117 Å². The smallest absolute Gasteiger partial charge is 0.168 e. The molecule has 2 aromatic carbocycles. The van der Waals surface area contributed by atoms with Gasteiger partial charge < -0.3 is 4.74 Å². The van der Waals surface area contributed by atoms with Crippen molar-refractivity contribution < 1.29 is 18.3 Å². The van der Waals surface area contributed by atoms with Crippen LogP contribution in [-0.2, 0) is 0 Å². The highest BCUT2D eigenvalue weighted by Gasteiger charge is 2.12. The summed E-state index contributed by atoms with van der Waals surface area (Å²) in [4.78, 5) is 10.9. The summed E-state index contributed by atoms with van der Waals surface area (Å²) < 4.78 is 31.4. The molecule has 0 fully saturated rings. The third-order valence-electron chi connectivity index (χ3n) is 2.29. The highest BCUT2D eigenvalue weighted by Crippen LogP contribution is 2.33. The van der Waals surface area contributed by atoms with Gasteiger partial charge in [0, 0.05) is 12.1 Å².